The Hall–Kier alpha value is -1.62. The number of anilines is 1. The predicted molar refractivity (Wildman–Crippen MR) is 74.3 cm³/mol. The van der Waals surface area contributed by atoms with Crippen LogP contribution in [0, 0.1) is 5.92 Å². The highest BCUT2D eigenvalue weighted by atomic mass is 16.5. The summed E-state index contributed by atoms with van der Waals surface area (Å²) in [6.07, 6.45) is 3.04. The molecule has 1 aliphatic heterocycles. The van der Waals surface area contributed by atoms with Crippen molar-refractivity contribution in [3.63, 3.8) is 0 Å². The average molecular weight is 263 g/mol. The maximum Gasteiger partial charge on any atom is 0.269 e. The van der Waals surface area contributed by atoms with Crippen LogP contribution in [-0.4, -0.2) is 36.7 Å². The third-order valence-corrected chi connectivity index (χ3v) is 3.43. The Balaban J connectivity index is 1.93. The summed E-state index contributed by atoms with van der Waals surface area (Å²) in [5, 5.41) is 6.10. The van der Waals surface area contributed by atoms with Crippen molar-refractivity contribution in [3.8, 4) is 0 Å². The van der Waals surface area contributed by atoms with Crippen molar-refractivity contribution in [2.45, 2.75) is 26.4 Å². The molecule has 0 aromatic carbocycles. The number of amides is 1. The smallest absolute Gasteiger partial charge is 0.269 e. The summed E-state index contributed by atoms with van der Waals surface area (Å²) in [7, 11) is 0. The molecule has 1 fully saturated rings. The second-order valence-electron chi connectivity index (χ2n) is 4.79. The van der Waals surface area contributed by atoms with Crippen molar-refractivity contribution < 1.29 is 9.53 Å². The highest BCUT2D eigenvalue weighted by Gasteiger charge is 2.23. The molecular formula is C14H21N3O2. The number of rotatable bonds is 5. The summed E-state index contributed by atoms with van der Waals surface area (Å²) in [5.74, 6) is 0.393. The molecule has 5 heteroatoms. The van der Waals surface area contributed by atoms with E-state index < -0.39 is 0 Å². The zero-order valence-electron chi connectivity index (χ0n) is 11.5. The predicted octanol–water partition coefficient (Wildman–Crippen LogP) is 1.67. The molecule has 19 heavy (non-hydrogen) atoms. The van der Waals surface area contributed by atoms with Gasteiger partial charge < -0.3 is 15.4 Å². The van der Waals surface area contributed by atoms with E-state index in [0.29, 0.717) is 24.3 Å². The van der Waals surface area contributed by atoms with Gasteiger partial charge in [0.25, 0.3) is 5.91 Å². The van der Waals surface area contributed by atoms with Gasteiger partial charge in [-0.1, -0.05) is 0 Å². The Kier molecular flexibility index (Phi) is 4.74. The molecule has 0 spiro atoms. The molecule has 1 saturated heterocycles. The molecule has 5 nitrogen and oxygen atoms in total. The van der Waals surface area contributed by atoms with Gasteiger partial charge in [0.15, 0.2) is 0 Å². The lowest BCUT2D eigenvalue weighted by Crippen LogP contribution is -2.24. The molecule has 104 valence electrons. The molecule has 1 amide bonds. The van der Waals surface area contributed by atoms with E-state index in [1.807, 2.05) is 13.0 Å². The fourth-order valence-corrected chi connectivity index (χ4v) is 2.21. The lowest BCUT2D eigenvalue weighted by atomic mass is 10.0. The van der Waals surface area contributed by atoms with Gasteiger partial charge in [-0.25, -0.2) is 0 Å². The van der Waals surface area contributed by atoms with Crippen molar-refractivity contribution in [2.24, 2.45) is 5.92 Å². The van der Waals surface area contributed by atoms with Crippen LogP contribution in [0.25, 0.3) is 0 Å². The molecule has 2 N–H and O–H groups in total. The number of ether oxygens (including phenoxy) is 1. The van der Waals surface area contributed by atoms with Crippen molar-refractivity contribution in [1.82, 2.24) is 10.3 Å². The summed E-state index contributed by atoms with van der Waals surface area (Å²) in [5.41, 5.74) is 1.37. The molecule has 0 radical (unpaired) electrons. The Bertz CT molecular complexity index is 436. The van der Waals surface area contributed by atoms with Gasteiger partial charge in [0.1, 0.15) is 5.69 Å². The minimum Gasteiger partial charge on any atom is -0.385 e. The molecule has 0 bridgehead atoms. The topological polar surface area (TPSA) is 63.2 Å². The fourth-order valence-electron chi connectivity index (χ4n) is 2.21. The normalized spacial score (nSPS) is 22.2. The molecule has 1 aromatic heterocycles. The second-order valence-corrected chi connectivity index (χ2v) is 4.79. The number of carbonyl (C=O) groups is 1. The standard InChI is InChI=1S/C14H21N3O2/c1-3-15-14(18)13-8-12(4-6-16-13)17-9-11-5-7-19-10(11)2/h4,6,8,10-11H,3,5,7,9H2,1-2H3,(H,15,18)(H,16,17). The number of hydrogen-bond donors (Lipinski definition) is 2. The summed E-state index contributed by atoms with van der Waals surface area (Å²) in [6, 6.07) is 3.66. The summed E-state index contributed by atoms with van der Waals surface area (Å²) in [4.78, 5) is 15.8. The van der Waals surface area contributed by atoms with Gasteiger partial charge in [0.2, 0.25) is 0 Å². The number of aromatic nitrogens is 1. The molecule has 2 rings (SSSR count). The number of carbonyl (C=O) groups excluding carboxylic acids is 1. The summed E-state index contributed by atoms with van der Waals surface area (Å²) in [6.45, 7) is 6.30. The van der Waals surface area contributed by atoms with E-state index in [9.17, 15) is 4.79 Å². The lowest BCUT2D eigenvalue weighted by Gasteiger charge is -2.15. The molecule has 1 aliphatic rings. The number of nitrogens with one attached hydrogen (secondary N) is 2. The third-order valence-electron chi connectivity index (χ3n) is 3.43. The molecular weight excluding hydrogens is 242 g/mol. The van der Waals surface area contributed by atoms with Crippen LogP contribution in [0.1, 0.15) is 30.8 Å². The highest BCUT2D eigenvalue weighted by Crippen LogP contribution is 2.21. The van der Waals surface area contributed by atoms with Crippen LogP contribution in [0.4, 0.5) is 5.69 Å². The van der Waals surface area contributed by atoms with Crippen LogP contribution < -0.4 is 10.6 Å². The van der Waals surface area contributed by atoms with Gasteiger partial charge in [-0.2, -0.15) is 0 Å². The third kappa shape index (κ3) is 3.67. The van der Waals surface area contributed by atoms with Crippen LogP contribution in [0.5, 0.6) is 0 Å². The summed E-state index contributed by atoms with van der Waals surface area (Å²) >= 11 is 0. The molecule has 0 saturated carbocycles. The van der Waals surface area contributed by atoms with E-state index in [1.54, 1.807) is 12.3 Å². The molecule has 2 heterocycles. The average Bonchev–Trinajstić information content (AvgIpc) is 2.82. The van der Waals surface area contributed by atoms with E-state index in [0.717, 1.165) is 25.3 Å². The zero-order valence-corrected chi connectivity index (χ0v) is 11.5. The highest BCUT2D eigenvalue weighted by molar-refractivity contribution is 5.93. The first kappa shape index (κ1) is 13.8. The minimum atomic E-state index is -0.135. The van der Waals surface area contributed by atoms with Gasteiger partial charge in [0.05, 0.1) is 6.10 Å². The van der Waals surface area contributed by atoms with Gasteiger partial charge >= 0.3 is 0 Å². The van der Waals surface area contributed by atoms with Crippen LogP contribution in [-0.2, 0) is 4.74 Å². The molecule has 2 unspecified atom stereocenters. The zero-order chi connectivity index (χ0) is 13.7. The number of nitrogens with zero attached hydrogens (tertiary/aromatic N) is 1. The largest absolute Gasteiger partial charge is 0.385 e. The van der Waals surface area contributed by atoms with Crippen molar-refractivity contribution in [1.29, 1.82) is 0 Å². The molecule has 0 aliphatic carbocycles. The van der Waals surface area contributed by atoms with E-state index in [4.69, 9.17) is 4.74 Å². The van der Waals surface area contributed by atoms with Crippen LogP contribution in [0.15, 0.2) is 18.3 Å². The Morgan fingerprint density at radius 2 is 2.42 bits per heavy atom. The summed E-state index contributed by atoms with van der Waals surface area (Å²) < 4.78 is 5.53. The van der Waals surface area contributed by atoms with Gasteiger partial charge in [-0.05, 0) is 32.4 Å². The molecule has 1 aromatic rings. The SMILES string of the molecule is CCNC(=O)c1cc(NCC2CCOC2C)ccn1. The Morgan fingerprint density at radius 1 is 1.58 bits per heavy atom. The maximum absolute atomic E-state index is 11.7. The fraction of sp³-hybridized carbons (Fsp3) is 0.571. The van der Waals surface area contributed by atoms with Crippen molar-refractivity contribution >= 4 is 11.6 Å². The van der Waals surface area contributed by atoms with Gasteiger partial charge in [0, 0.05) is 37.5 Å². The second kappa shape index (κ2) is 6.52. The van der Waals surface area contributed by atoms with Crippen molar-refractivity contribution in [3.05, 3.63) is 24.0 Å². The monoisotopic (exact) mass is 263 g/mol. The van der Waals surface area contributed by atoms with E-state index in [-0.39, 0.29) is 5.91 Å². The first-order chi connectivity index (χ1) is 9.20. The number of pyridine rings is 1. The van der Waals surface area contributed by atoms with Gasteiger partial charge in [-0.15, -0.1) is 0 Å². The van der Waals surface area contributed by atoms with E-state index in [2.05, 4.69) is 22.5 Å². The lowest BCUT2D eigenvalue weighted by molar-refractivity contribution is 0.0950. The quantitative estimate of drug-likeness (QED) is 0.848. The van der Waals surface area contributed by atoms with E-state index >= 15 is 0 Å². The first-order valence-electron chi connectivity index (χ1n) is 6.80. The first-order valence-corrected chi connectivity index (χ1v) is 6.80. The number of hydrogen-bond acceptors (Lipinski definition) is 4. The van der Waals surface area contributed by atoms with E-state index in [1.165, 1.54) is 0 Å². The van der Waals surface area contributed by atoms with Crippen LogP contribution in [0.2, 0.25) is 0 Å². The Labute approximate surface area is 113 Å². The van der Waals surface area contributed by atoms with Gasteiger partial charge in [-0.3, -0.25) is 9.78 Å². The Morgan fingerprint density at radius 3 is 3.11 bits per heavy atom. The minimum absolute atomic E-state index is 0.135. The van der Waals surface area contributed by atoms with Crippen LogP contribution >= 0.6 is 0 Å². The maximum atomic E-state index is 11.7. The molecule has 2 atom stereocenters. The van der Waals surface area contributed by atoms with Crippen molar-refractivity contribution in [2.75, 3.05) is 25.0 Å². The van der Waals surface area contributed by atoms with Crippen LogP contribution in [0.3, 0.4) is 0 Å².